The number of benzene rings is 1. The van der Waals surface area contributed by atoms with Gasteiger partial charge in [0, 0.05) is 18.5 Å². The number of carbonyl (C=O) groups is 1. The largest absolute Gasteiger partial charge is 0.416 e. The lowest BCUT2D eigenvalue weighted by Crippen LogP contribution is -2.37. The zero-order valence-electron chi connectivity index (χ0n) is 14.3. The van der Waals surface area contributed by atoms with Crippen LogP contribution in [-0.2, 0) is 11.0 Å². The lowest BCUT2D eigenvalue weighted by Gasteiger charge is -2.35. The van der Waals surface area contributed by atoms with Gasteiger partial charge in [-0.15, -0.1) is 0 Å². The summed E-state index contributed by atoms with van der Waals surface area (Å²) in [5.74, 6) is -0.277. The lowest BCUT2D eigenvalue weighted by molar-refractivity contribution is -0.137. The number of nitrogens with zero attached hydrogens (tertiary/aromatic N) is 1. The van der Waals surface area contributed by atoms with Crippen molar-refractivity contribution in [2.45, 2.75) is 65.7 Å². The smallest absolute Gasteiger partial charge is 0.365 e. The minimum Gasteiger partial charge on any atom is -0.365 e. The molecule has 0 bridgehead atoms. The Labute approximate surface area is 135 Å². The summed E-state index contributed by atoms with van der Waals surface area (Å²) in [7, 11) is 0. The van der Waals surface area contributed by atoms with Crippen LogP contribution in [0.5, 0.6) is 0 Å². The zero-order valence-corrected chi connectivity index (χ0v) is 14.3. The molecule has 130 valence electrons. The van der Waals surface area contributed by atoms with E-state index in [0.717, 1.165) is 12.1 Å². The normalized spacial score (nSPS) is 11.9. The van der Waals surface area contributed by atoms with Crippen LogP contribution in [0.15, 0.2) is 18.2 Å². The number of hydrogen-bond acceptors (Lipinski definition) is 2. The number of amides is 1. The van der Waals surface area contributed by atoms with E-state index >= 15 is 0 Å². The molecule has 1 aromatic rings. The minimum atomic E-state index is -4.44. The van der Waals surface area contributed by atoms with Gasteiger partial charge in [0.25, 0.3) is 0 Å². The Hall–Kier alpha value is -1.72. The van der Waals surface area contributed by atoms with Crippen LogP contribution in [0.25, 0.3) is 0 Å². The Balaban J connectivity index is 3.35. The molecule has 0 aliphatic rings. The topological polar surface area (TPSA) is 32.3 Å². The molecule has 0 unspecified atom stereocenters. The molecule has 0 spiro atoms. The van der Waals surface area contributed by atoms with Gasteiger partial charge in [0.15, 0.2) is 0 Å². The Morgan fingerprint density at radius 2 is 1.74 bits per heavy atom. The van der Waals surface area contributed by atoms with Crippen LogP contribution in [0.3, 0.4) is 0 Å². The van der Waals surface area contributed by atoms with Crippen molar-refractivity contribution >= 4 is 17.3 Å². The molecular weight excluding hydrogens is 305 g/mol. The van der Waals surface area contributed by atoms with E-state index in [-0.39, 0.29) is 30.1 Å². The van der Waals surface area contributed by atoms with Crippen LogP contribution < -0.4 is 10.2 Å². The first-order valence-electron chi connectivity index (χ1n) is 7.87. The van der Waals surface area contributed by atoms with E-state index < -0.39 is 11.7 Å². The molecule has 1 amide bonds. The summed E-state index contributed by atoms with van der Waals surface area (Å²) in [6.45, 7) is 9.72. The highest BCUT2D eigenvalue weighted by Gasteiger charge is 2.32. The number of carbonyl (C=O) groups excluding carboxylic acids is 1. The summed E-state index contributed by atoms with van der Waals surface area (Å²) in [6, 6.07) is 3.69. The molecule has 0 saturated heterocycles. The molecule has 0 radical (unpaired) electrons. The van der Waals surface area contributed by atoms with Crippen molar-refractivity contribution in [3.8, 4) is 0 Å². The summed E-state index contributed by atoms with van der Waals surface area (Å²) in [5, 5.41) is 2.63. The quantitative estimate of drug-likeness (QED) is 0.790. The summed E-state index contributed by atoms with van der Waals surface area (Å²) in [6.07, 6.45) is -3.53. The van der Waals surface area contributed by atoms with Gasteiger partial charge in [-0.1, -0.05) is 6.92 Å². The Kier molecular flexibility index (Phi) is 6.47. The second-order valence-corrected chi connectivity index (χ2v) is 6.12. The maximum absolute atomic E-state index is 13.0. The SMILES string of the molecule is CCCC(=O)Nc1cc(C(F)(F)F)ccc1N(C(C)C)C(C)C. The van der Waals surface area contributed by atoms with Gasteiger partial charge in [-0.2, -0.15) is 13.2 Å². The zero-order chi connectivity index (χ0) is 17.8. The van der Waals surface area contributed by atoms with Crippen molar-refractivity contribution in [2.75, 3.05) is 10.2 Å². The maximum Gasteiger partial charge on any atom is 0.416 e. The van der Waals surface area contributed by atoms with Crippen molar-refractivity contribution in [1.82, 2.24) is 0 Å². The van der Waals surface area contributed by atoms with E-state index in [0.29, 0.717) is 12.1 Å². The van der Waals surface area contributed by atoms with Gasteiger partial charge in [-0.25, -0.2) is 0 Å². The molecule has 0 aromatic heterocycles. The van der Waals surface area contributed by atoms with Crippen LogP contribution in [0.1, 0.15) is 53.0 Å². The molecule has 0 aliphatic heterocycles. The average molecular weight is 330 g/mol. The molecule has 0 heterocycles. The minimum absolute atomic E-state index is 0.0913. The number of alkyl halides is 3. The molecule has 0 aliphatic carbocycles. The summed E-state index contributed by atoms with van der Waals surface area (Å²) in [5.41, 5.74) is 0.0497. The van der Waals surface area contributed by atoms with E-state index in [1.165, 1.54) is 6.07 Å². The molecule has 6 heteroatoms. The average Bonchev–Trinajstić information content (AvgIpc) is 2.38. The van der Waals surface area contributed by atoms with Crippen LogP contribution in [0.2, 0.25) is 0 Å². The molecule has 0 saturated carbocycles. The molecule has 3 nitrogen and oxygen atoms in total. The van der Waals surface area contributed by atoms with Crippen LogP contribution in [0.4, 0.5) is 24.5 Å². The van der Waals surface area contributed by atoms with E-state index in [1.807, 2.05) is 39.5 Å². The van der Waals surface area contributed by atoms with Gasteiger partial charge in [-0.3, -0.25) is 4.79 Å². The van der Waals surface area contributed by atoms with Crippen molar-refractivity contribution in [3.05, 3.63) is 23.8 Å². The van der Waals surface area contributed by atoms with Crippen molar-refractivity contribution in [1.29, 1.82) is 0 Å². The number of nitrogens with one attached hydrogen (secondary N) is 1. The number of anilines is 2. The van der Waals surface area contributed by atoms with Crippen LogP contribution in [-0.4, -0.2) is 18.0 Å². The third-order valence-corrected chi connectivity index (χ3v) is 3.47. The molecule has 0 fully saturated rings. The van der Waals surface area contributed by atoms with E-state index in [9.17, 15) is 18.0 Å². The molecule has 0 atom stereocenters. The van der Waals surface area contributed by atoms with E-state index in [1.54, 1.807) is 0 Å². The van der Waals surface area contributed by atoms with Crippen molar-refractivity contribution < 1.29 is 18.0 Å². The molecular formula is C17H25F3N2O. The first kappa shape index (κ1) is 19.3. The Morgan fingerprint density at radius 3 is 2.17 bits per heavy atom. The fourth-order valence-corrected chi connectivity index (χ4v) is 2.63. The molecule has 1 aromatic carbocycles. The second kappa shape index (κ2) is 7.70. The van der Waals surface area contributed by atoms with E-state index in [4.69, 9.17) is 0 Å². The van der Waals surface area contributed by atoms with Crippen LogP contribution >= 0.6 is 0 Å². The first-order chi connectivity index (χ1) is 10.6. The number of hydrogen-bond donors (Lipinski definition) is 1. The Morgan fingerprint density at radius 1 is 1.17 bits per heavy atom. The third kappa shape index (κ3) is 5.15. The highest BCUT2D eigenvalue weighted by Crippen LogP contribution is 2.36. The van der Waals surface area contributed by atoms with Gasteiger partial charge < -0.3 is 10.2 Å². The summed E-state index contributed by atoms with van der Waals surface area (Å²) in [4.78, 5) is 13.9. The third-order valence-electron chi connectivity index (χ3n) is 3.47. The monoisotopic (exact) mass is 330 g/mol. The Bertz CT molecular complexity index is 531. The van der Waals surface area contributed by atoms with Gasteiger partial charge in [0.2, 0.25) is 5.91 Å². The van der Waals surface area contributed by atoms with Crippen molar-refractivity contribution in [2.24, 2.45) is 0 Å². The highest BCUT2D eigenvalue weighted by molar-refractivity contribution is 5.94. The van der Waals surface area contributed by atoms with Gasteiger partial charge in [-0.05, 0) is 52.3 Å². The second-order valence-electron chi connectivity index (χ2n) is 6.12. The number of halogens is 3. The van der Waals surface area contributed by atoms with Gasteiger partial charge in [0.05, 0.1) is 16.9 Å². The lowest BCUT2D eigenvalue weighted by atomic mass is 10.1. The standard InChI is InChI=1S/C17H25F3N2O/c1-6-7-16(23)21-14-10-13(17(18,19)20)8-9-15(14)22(11(2)3)12(4)5/h8-12H,6-7H2,1-5H3,(H,21,23). The van der Waals surface area contributed by atoms with Crippen LogP contribution in [0, 0.1) is 0 Å². The fraction of sp³-hybridized carbons (Fsp3) is 0.588. The molecule has 1 rings (SSSR count). The number of rotatable bonds is 6. The molecule has 1 N–H and O–H groups in total. The first-order valence-corrected chi connectivity index (χ1v) is 7.87. The van der Waals surface area contributed by atoms with Gasteiger partial charge in [0.1, 0.15) is 0 Å². The summed E-state index contributed by atoms with van der Waals surface area (Å²) < 4.78 is 38.9. The predicted molar refractivity (Wildman–Crippen MR) is 87.7 cm³/mol. The maximum atomic E-state index is 13.0. The predicted octanol–water partition coefficient (Wildman–Crippen LogP) is 5.07. The summed E-state index contributed by atoms with van der Waals surface area (Å²) >= 11 is 0. The van der Waals surface area contributed by atoms with E-state index in [2.05, 4.69) is 5.32 Å². The highest BCUT2D eigenvalue weighted by atomic mass is 19.4. The fourth-order valence-electron chi connectivity index (χ4n) is 2.63. The molecule has 23 heavy (non-hydrogen) atoms. The van der Waals surface area contributed by atoms with Crippen molar-refractivity contribution in [3.63, 3.8) is 0 Å². The van der Waals surface area contributed by atoms with Gasteiger partial charge >= 0.3 is 6.18 Å².